The Labute approximate surface area is 161 Å². The number of nitrogen functional groups attached to an aromatic ring is 1. The van der Waals surface area contributed by atoms with Gasteiger partial charge in [0.2, 0.25) is 0 Å². The van der Waals surface area contributed by atoms with Crippen LogP contribution >= 0.6 is 0 Å². The predicted octanol–water partition coefficient (Wildman–Crippen LogP) is 3.64. The zero-order valence-corrected chi connectivity index (χ0v) is 15.6. The number of nitrogens with two attached hydrogens (primary N) is 1. The Hall–Kier alpha value is -3.74. The molecule has 0 saturated carbocycles. The standard InChI is InChI=1S/C21H19N7/c1-13-18-20(22)24-12-25-21(18)28(26-13)14(2)17-11-16-5-3-4-10-27(16)19(17)15-6-8-23-9-7-15/h3-12,14H,1-2H3,(H2,22,24,25). The number of nitrogens with zero attached hydrogens (tertiary/aromatic N) is 6. The van der Waals surface area contributed by atoms with Crippen molar-refractivity contribution >= 4 is 22.4 Å². The Morgan fingerprint density at radius 3 is 2.71 bits per heavy atom. The monoisotopic (exact) mass is 369 g/mol. The smallest absolute Gasteiger partial charge is 0.164 e. The summed E-state index contributed by atoms with van der Waals surface area (Å²) in [6.45, 7) is 4.06. The van der Waals surface area contributed by atoms with Gasteiger partial charge in [-0.25, -0.2) is 14.6 Å². The van der Waals surface area contributed by atoms with Crippen molar-refractivity contribution in [2.45, 2.75) is 19.9 Å². The third kappa shape index (κ3) is 2.36. The molecule has 5 heterocycles. The molecule has 5 aromatic rings. The highest BCUT2D eigenvalue weighted by molar-refractivity contribution is 5.88. The molecule has 0 fully saturated rings. The third-order valence-electron chi connectivity index (χ3n) is 5.17. The third-order valence-corrected chi connectivity index (χ3v) is 5.17. The Morgan fingerprint density at radius 1 is 1.07 bits per heavy atom. The number of fused-ring (bicyclic) bond motifs is 2. The molecule has 5 rings (SSSR count). The highest BCUT2D eigenvalue weighted by Crippen LogP contribution is 2.35. The maximum atomic E-state index is 6.08. The van der Waals surface area contributed by atoms with Gasteiger partial charge in [0.15, 0.2) is 5.65 Å². The summed E-state index contributed by atoms with van der Waals surface area (Å²) in [5.41, 5.74) is 12.1. The quantitative estimate of drug-likeness (QED) is 0.525. The average molecular weight is 369 g/mol. The van der Waals surface area contributed by atoms with E-state index in [2.05, 4.69) is 44.6 Å². The summed E-state index contributed by atoms with van der Waals surface area (Å²) in [6.07, 6.45) is 7.19. The van der Waals surface area contributed by atoms with Crippen LogP contribution in [0.15, 0.2) is 61.3 Å². The average Bonchev–Trinajstić information content (AvgIpc) is 3.27. The van der Waals surface area contributed by atoms with E-state index in [1.807, 2.05) is 48.3 Å². The summed E-state index contributed by atoms with van der Waals surface area (Å²) < 4.78 is 4.13. The Bertz CT molecular complexity index is 1300. The van der Waals surface area contributed by atoms with Gasteiger partial charge in [0.25, 0.3) is 0 Å². The summed E-state index contributed by atoms with van der Waals surface area (Å²) in [5, 5.41) is 5.55. The summed E-state index contributed by atoms with van der Waals surface area (Å²) in [5.74, 6) is 0.456. The molecular formula is C21H19N7. The summed E-state index contributed by atoms with van der Waals surface area (Å²) in [6, 6.07) is 12.4. The van der Waals surface area contributed by atoms with E-state index in [1.165, 1.54) is 6.33 Å². The van der Waals surface area contributed by atoms with Crippen LogP contribution in [0.2, 0.25) is 0 Å². The van der Waals surface area contributed by atoms with Gasteiger partial charge in [-0.2, -0.15) is 5.10 Å². The van der Waals surface area contributed by atoms with Crippen molar-refractivity contribution in [3.8, 4) is 11.3 Å². The molecule has 0 aliphatic rings. The molecule has 0 amide bonds. The fourth-order valence-corrected chi connectivity index (χ4v) is 3.85. The summed E-state index contributed by atoms with van der Waals surface area (Å²) in [7, 11) is 0. The van der Waals surface area contributed by atoms with E-state index in [-0.39, 0.29) is 6.04 Å². The summed E-state index contributed by atoms with van der Waals surface area (Å²) in [4.78, 5) is 12.7. The van der Waals surface area contributed by atoms with E-state index < -0.39 is 0 Å². The van der Waals surface area contributed by atoms with Gasteiger partial charge in [-0.1, -0.05) is 6.07 Å². The second-order valence-corrected chi connectivity index (χ2v) is 6.84. The molecule has 0 radical (unpaired) electrons. The molecular weight excluding hydrogens is 350 g/mol. The first kappa shape index (κ1) is 16.4. The van der Waals surface area contributed by atoms with Crippen LogP contribution in [0.3, 0.4) is 0 Å². The lowest BCUT2D eigenvalue weighted by Crippen LogP contribution is -2.10. The number of aromatic nitrogens is 6. The molecule has 138 valence electrons. The molecule has 0 aliphatic heterocycles. The topological polar surface area (TPSA) is 86.9 Å². The highest BCUT2D eigenvalue weighted by atomic mass is 15.3. The Morgan fingerprint density at radius 2 is 1.89 bits per heavy atom. The fourth-order valence-electron chi connectivity index (χ4n) is 3.85. The maximum Gasteiger partial charge on any atom is 0.164 e. The molecule has 0 aromatic carbocycles. The molecule has 0 spiro atoms. The lowest BCUT2D eigenvalue weighted by molar-refractivity contribution is 0.576. The van der Waals surface area contributed by atoms with Crippen molar-refractivity contribution in [3.63, 3.8) is 0 Å². The zero-order valence-electron chi connectivity index (χ0n) is 15.6. The van der Waals surface area contributed by atoms with Crippen molar-refractivity contribution in [1.82, 2.24) is 29.1 Å². The van der Waals surface area contributed by atoms with E-state index in [4.69, 9.17) is 10.8 Å². The largest absolute Gasteiger partial charge is 0.383 e. The van der Waals surface area contributed by atoms with E-state index >= 15 is 0 Å². The number of hydrogen-bond acceptors (Lipinski definition) is 5. The highest BCUT2D eigenvalue weighted by Gasteiger charge is 2.23. The van der Waals surface area contributed by atoms with Crippen LogP contribution < -0.4 is 5.73 Å². The van der Waals surface area contributed by atoms with Gasteiger partial charge in [0.1, 0.15) is 12.1 Å². The van der Waals surface area contributed by atoms with Crippen molar-refractivity contribution < 1.29 is 0 Å². The molecule has 1 unspecified atom stereocenters. The molecule has 28 heavy (non-hydrogen) atoms. The molecule has 0 aliphatic carbocycles. The number of anilines is 1. The molecule has 7 heteroatoms. The maximum absolute atomic E-state index is 6.08. The lowest BCUT2D eigenvalue weighted by Gasteiger charge is -2.15. The molecule has 0 bridgehead atoms. The van der Waals surface area contributed by atoms with Crippen molar-refractivity contribution in [3.05, 3.63) is 72.6 Å². The van der Waals surface area contributed by atoms with Crippen LogP contribution in [0.4, 0.5) is 5.82 Å². The van der Waals surface area contributed by atoms with E-state index in [0.29, 0.717) is 5.82 Å². The minimum atomic E-state index is -0.0476. The minimum absolute atomic E-state index is 0.0476. The van der Waals surface area contributed by atoms with Gasteiger partial charge in [0.05, 0.1) is 22.8 Å². The van der Waals surface area contributed by atoms with E-state index in [0.717, 1.165) is 39.1 Å². The first-order valence-electron chi connectivity index (χ1n) is 9.11. The minimum Gasteiger partial charge on any atom is -0.383 e. The van der Waals surface area contributed by atoms with E-state index in [1.54, 1.807) is 0 Å². The number of hydrogen-bond donors (Lipinski definition) is 1. The van der Waals surface area contributed by atoms with Gasteiger partial charge in [-0.05, 0) is 44.2 Å². The lowest BCUT2D eigenvalue weighted by atomic mass is 10.0. The van der Waals surface area contributed by atoms with Crippen LogP contribution in [0.1, 0.15) is 24.2 Å². The second kappa shape index (κ2) is 6.16. The predicted molar refractivity (Wildman–Crippen MR) is 109 cm³/mol. The number of aryl methyl sites for hydroxylation is 1. The van der Waals surface area contributed by atoms with Crippen molar-refractivity contribution in [1.29, 1.82) is 0 Å². The van der Waals surface area contributed by atoms with Crippen LogP contribution in [0.25, 0.3) is 27.8 Å². The first-order valence-corrected chi connectivity index (χ1v) is 9.11. The number of rotatable bonds is 3. The van der Waals surface area contributed by atoms with Gasteiger partial charge < -0.3 is 10.1 Å². The molecule has 1 atom stereocenters. The van der Waals surface area contributed by atoms with Crippen molar-refractivity contribution in [2.75, 3.05) is 5.73 Å². The molecule has 0 saturated heterocycles. The molecule has 2 N–H and O–H groups in total. The van der Waals surface area contributed by atoms with Gasteiger partial charge in [-0.15, -0.1) is 0 Å². The van der Waals surface area contributed by atoms with Gasteiger partial charge >= 0.3 is 0 Å². The number of pyridine rings is 2. The first-order chi connectivity index (χ1) is 13.6. The normalized spacial score (nSPS) is 12.6. The molecule has 7 nitrogen and oxygen atoms in total. The Balaban J connectivity index is 1.78. The van der Waals surface area contributed by atoms with Crippen LogP contribution in [0, 0.1) is 6.92 Å². The van der Waals surface area contributed by atoms with Crippen LogP contribution in [-0.2, 0) is 0 Å². The SMILES string of the molecule is Cc1nn(C(C)c2cc3ccccn3c2-c2ccncc2)c2ncnc(N)c12. The Kier molecular flexibility index (Phi) is 3.61. The zero-order chi connectivity index (χ0) is 19.3. The van der Waals surface area contributed by atoms with E-state index in [9.17, 15) is 0 Å². The van der Waals surface area contributed by atoms with Crippen LogP contribution in [-0.4, -0.2) is 29.1 Å². The second-order valence-electron chi connectivity index (χ2n) is 6.84. The fraction of sp³-hybridized carbons (Fsp3) is 0.143. The van der Waals surface area contributed by atoms with Crippen molar-refractivity contribution in [2.24, 2.45) is 0 Å². The van der Waals surface area contributed by atoms with Gasteiger partial charge in [-0.3, -0.25) is 4.98 Å². The van der Waals surface area contributed by atoms with Gasteiger partial charge in [0, 0.05) is 35.2 Å². The summed E-state index contributed by atoms with van der Waals surface area (Å²) >= 11 is 0. The molecule has 5 aromatic heterocycles. The van der Waals surface area contributed by atoms with Crippen LogP contribution in [0.5, 0.6) is 0 Å².